The first-order valence-electron chi connectivity index (χ1n) is 4.93. The van der Waals surface area contributed by atoms with E-state index in [0.717, 1.165) is 28.8 Å². The number of hydrogen-bond donors (Lipinski definition) is 1. The van der Waals surface area contributed by atoms with Crippen LogP contribution in [0.4, 0.5) is 5.69 Å². The van der Waals surface area contributed by atoms with Gasteiger partial charge in [-0.1, -0.05) is 15.9 Å². The Kier molecular flexibility index (Phi) is 2.68. The number of phenolic OH excluding ortho intramolecular Hbond substituents is 1. The quantitative estimate of drug-likeness (QED) is 0.834. The molecule has 3 heteroatoms. The Balaban J connectivity index is 2.44. The lowest BCUT2D eigenvalue weighted by Crippen LogP contribution is -2.18. The summed E-state index contributed by atoms with van der Waals surface area (Å²) in [5, 5.41) is 9.81. The molecule has 1 aromatic carbocycles. The largest absolute Gasteiger partial charge is 0.506 e. The van der Waals surface area contributed by atoms with E-state index in [0.29, 0.717) is 5.75 Å². The highest BCUT2D eigenvalue weighted by atomic mass is 79.9. The van der Waals surface area contributed by atoms with Gasteiger partial charge in [0.25, 0.3) is 0 Å². The van der Waals surface area contributed by atoms with Crippen LogP contribution in [-0.2, 0) is 0 Å². The average molecular weight is 256 g/mol. The van der Waals surface area contributed by atoms with Gasteiger partial charge in [-0.25, -0.2) is 0 Å². The second kappa shape index (κ2) is 3.81. The van der Waals surface area contributed by atoms with Crippen LogP contribution >= 0.6 is 15.9 Å². The minimum absolute atomic E-state index is 0.396. The lowest BCUT2D eigenvalue weighted by Gasteiger charge is -2.21. The van der Waals surface area contributed by atoms with Crippen molar-refractivity contribution >= 4 is 21.6 Å². The van der Waals surface area contributed by atoms with Gasteiger partial charge in [-0.2, -0.15) is 0 Å². The van der Waals surface area contributed by atoms with E-state index in [2.05, 4.69) is 20.8 Å². The fraction of sp³-hybridized carbons (Fsp3) is 0.455. The maximum absolute atomic E-state index is 9.81. The molecule has 0 unspecified atom stereocenters. The lowest BCUT2D eigenvalue weighted by molar-refractivity contribution is 0.474. The van der Waals surface area contributed by atoms with Crippen LogP contribution in [-0.4, -0.2) is 18.2 Å². The molecule has 1 aromatic rings. The minimum atomic E-state index is 0.396. The smallest absolute Gasteiger partial charge is 0.139 e. The summed E-state index contributed by atoms with van der Waals surface area (Å²) in [4.78, 5) is 2.26. The Labute approximate surface area is 92.7 Å². The fourth-order valence-electron chi connectivity index (χ4n) is 2.00. The molecule has 2 nitrogen and oxygen atoms in total. The van der Waals surface area contributed by atoms with Crippen LogP contribution in [0.25, 0.3) is 0 Å². The highest BCUT2D eigenvalue weighted by Gasteiger charge is 2.18. The van der Waals surface area contributed by atoms with Crippen LogP contribution in [0.2, 0.25) is 0 Å². The third-order valence-electron chi connectivity index (χ3n) is 2.77. The molecule has 0 spiro atoms. The molecule has 0 atom stereocenters. The molecule has 1 heterocycles. The summed E-state index contributed by atoms with van der Waals surface area (Å²) in [5.41, 5.74) is 2.13. The number of anilines is 1. The van der Waals surface area contributed by atoms with E-state index in [1.54, 1.807) is 6.07 Å². The standard InChI is InChI=1S/C11H14BrNO/c1-8-9(12)4-5-10(14)11(8)13-6-2-3-7-13/h4-5,14H,2-3,6-7H2,1H3. The van der Waals surface area contributed by atoms with E-state index in [9.17, 15) is 5.11 Å². The zero-order valence-corrected chi connectivity index (χ0v) is 9.84. The van der Waals surface area contributed by atoms with Gasteiger partial charge in [-0.3, -0.25) is 0 Å². The zero-order chi connectivity index (χ0) is 10.1. The van der Waals surface area contributed by atoms with Crippen molar-refractivity contribution < 1.29 is 5.11 Å². The van der Waals surface area contributed by atoms with Crippen molar-refractivity contribution in [2.24, 2.45) is 0 Å². The Morgan fingerprint density at radius 1 is 1.29 bits per heavy atom. The molecular formula is C11H14BrNO. The van der Waals surface area contributed by atoms with Crippen molar-refractivity contribution in [3.05, 3.63) is 22.2 Å². The molecule has 0 saturated carbocycles. The molecule has 0 aliphatic carbocycles. The van der Waals surface area contributed by atoms with Crippen LogP contribution in [0.3, 0.4) is 0 Å². The van der Waals surface area contributed by atoms with Crippen molar-refractivity contribution in [2.75, 3.05) is 18.0 Å². The van der Waals surface area contributed by atoms with Gasteiger partial charge in [0.2, 0.25) is 0 Å². The molecular weight excluding hydrogens is 242 g/mol. The van der Waals surface area contributed by atoms with Crippen LogP contribution < -0.4 is 4.90 Å². The van der Waals surface area contributed by atoms with Crippen molar-refractivity contribution in [3.8, 4) is 5.75 Å². The molecule has 1 aliphatic heterocycles. The Morgan fingerprint density at radius 2 is 1.93 bits per heavy atom. The number of benzene rings is 1. The molecule has 76 valence electrons. The topological polar surface area (TPSA) is 23.5 Å². The normalized spacial score (nSPS) is 16.3. The lowest BCUT2D eigenvalue weighted by atomic mass is 10.1. The van der Waals surface area contributed by atoms with Crippen LogP contribution in [0.1, 0.15) is 18.4 Å². The van der Waals surface area contributed by atoms with Crippen molar-refractivity contribution in [2.45, 2.75) is 19.8 Å². The number of rotatable bonds is 1. The third-order valence-corrected chi connectivity index (χ3v) is 3.62. The van der Waals surface area contributed by atoms with Gasteiger partial charge in [0.1, 0.15) is 5.75 Å². The monoisotopic (exact) mass is 255 g/mol. The maximum Gasteiger partial charge on any atom is 0.139 e. The average Bonchev–Trinajstić information content (AvgIpc) is 2.65. The predicted octanol–water partition coefficient (Wildman–Crippen LogP) is 3.06. The van der Waals surface area contributed by atoms with Crippen LogP contribution in [0, 0.1) is 6.92 Å². The molecule has 1 N–H and O–H groups in total. The first-order chi connectivity index (χ1) is 6.70. The van der Waals surface area contributed by atoms with E-state index in [1.165, 1.54) is 12.8 Å². The van der Waals surface area contributed by atoms with E-state index in [4.69, 9.17) is 0 Å². The summed E-state index contributed by atoms with van der Waals surface area (Å²) in [6.07, 6.45) is 2.46. The third kappa shape index (κ3) is 1.61. The summed E-state index contributed by atoms with van der Waals surface area (Å²) < 4.78 is 1.07. The first-order valence-corrected chi connectivity index (χ1v) is 5.72. The second-order valence-electron chi connectivity index (χ2n) is 3.73. The number of phenols is 1. The molecule has 1 saturated heterocycles. The summed E-state index contributed by atoms with van der Waals surface area (Å²) in [6, 6.07) is 3.65. The van der Waals surface area contributed by atoms with Crippen molar-refractivity contribution in [1.29, 1.82) is 0 Å². The Bertz CT molecular complexity index is 345. The van der Waals surface area contributed by atoms with Gasteiger partial charge in [0.05, 0.1) is 5.69 Å². The molecule has 0 amide bonds. The molecule has 2 rings (SSSR count). The highest BCUT2D eigenvalue weighted by Crippen LogP contribution is 2.36. The van der Waals surface area contributed by atoms with Crippen LogP contribution in [0.5, 0.6) is 5.75 Å². The maximum atomic E-state index is 9.81. The molecule has 0 aromatic heterocycles. The van der Waals surface area contributed by atoms with Gasteiger partial charge in [0, 0.05) is 17.6 Å². The molecule has 1 fully saturated rings. The number of aromatic hydroxyl groups is 1. The molecule has 14 heavy (non-hydrogen) atoms. The van der Waals surface area contributed by atoms with Gasteiger partial charge in [-0.15, -0.1) is 0 Å². The number of nitrogens with zero attached hydrogens (tertiary/aromatic N) is 1. The summed E-state index contributed by atoms with van der Waals surface area (Å²) >= 11 is 3.49. The Hall–Kier alpha value is -0.700. The van der Waals surface area contributed by atoms with Gasteiger partial charge in [0.15, 0.2) is 0 Å². The van der Waals surface area contributed by atoms with E-state index in [-0.39, 0.29) is 0 Å². The highest BCUT2D eigenvalue weighted by molar-refractivity contribution is 9.10. The SMILES string of the molecule is Cc1c(Br)ccc(O)c1N1CCCC1. The summed E-state index contributed by atoms with van der Waals surface area (Å²) in [5.74, 6) is 0.396. The van der Waals surface area contributed by atoms with Gasteiger partial charge in [-0.05, 0) is 37.5 Å². The zero-order valence-electron chi connectivity index (χ0n) is 8.26. The second-order valence-corrected chi connectivity index (χ2v) is 4.59. The van der Waals surface area contributed by atoms with Crippen molar-refractivity contribution in [1.82, 2.24) is 0 Å². The minimum Gasteiger partial charge on any atom is -0.506 e. The summed E-state index contributed by atoms with van der Waals surface area (Å²) in [6.45, 7) is 4.16. The Morgan fingerprint density at radius 3 is 2.57 bits per heavy atom. The fourth-order valence-corrected chi connectivity index (χ4v) is 2.32. The van der Waals surface area contributed by atoms with Gasteiger partial charge < -0.3 is 10.0 Å². The predicted molar refractivity (Wildman–Crippen MR) is 62.0 cm³/mol. The molecule has 0 radical (unpaired) electrons. The number of halogens is 1. The van der Waals surface area contributed by atoms with E-state index in [1.807, 2.05) is 13.0 Å². The first kappa shape index (κ1) is 9.84. The van der Waals surface area contributed by atoms with Gasteiger partial charge >= 0.3 is 0 Å². The van der Waals surface area contributed by atoms with E-state index < -0.39 is 0 Å². The molecule has 0 bridgehead atoms. The number of hydrogen-bond acceptors (Lipinski definition) is 2. The van der Waals surface area contributed by atoms with Crippen molar-refractivity contribution in [3.63, 3.8) is 0 Å². The molecule has 1 aliphatic rings. The summed E-state index contributed by atoms with van der Waals surface area (Å²) in [7, 11) is 0. The van der Waals surface area contributed by atoms with E-state index >= 15 is 0 Å². The van der Waals surface area contributed by atoms with Crippen LogP contribution in [0.15, 0.2) is 16.6 Å².